The predicted octanol–water partition coefficient (Wildman–Crippen LogP) is 0.589. The summed E-state index contributed by atoms with van der Waals surface area (Å²) in [6.45, 7) is 5.25. The Morgan fingerprint density at radius 3 is 2.71 bits per heavy atom. The molecule has 7 heteroatoms. The third kappa shape index (κ3) is 2.86. The van der Waals surface area contributed by atoms with Gasteiger partial charge in [0.2, 0.25) is 10.0 Å². The lowest BCUT2D eigenvalue weighted by molar-refractivity contribution is 0.203. The minimum absolute atomic E-state index is 0.0820. The normalized spacial score (nSPS) is 26.9. The van der Waals surface area contributed by atoms with E-state index in [1.54, 1.807) is 6.07 Å². The van der Waals surface area contributed by atoms with E-state index < -0.39 is 10.0 Å². The van der Waals surface area contributed by atoms with Crippen molar-refractivity contribution in [2.75, 3.05) is 30.3 Å². The second kappa shape index (κ2) is 5.15. The second-order valence-electron chi connectivity index (χ2n) is 6.10. The van der Waals surface area contributed by atoms with Crippen LogP contribution in [0, 0.1) is 0 Å². The van der Waals surface area contributed by atoms with E-state index in [-0.39, 0.29) is 4.90 Å². The van der Waals surface area contributed by atoms with Crippen LogP contribution in [0.25, 0.3) is 0 Å². The lowest BCUT2D eigenvalue weighted by Crippen LogP contribution is -2.55. The summed E-state index contributed by atoms with van der Waals surface area (Å²) < 4.78 is 23.2. The fraction of sp³-hybridized carbons (Fsp3) is 0.571. The van der Waals surface area contributed by atoms with E-state index in [4.69, 9.17) is 10.9 Å². The number of nitrogens with two attached hydrogens (primary N) is 2. The molecule has 2 heterocycles. The van der Waals surface area contributed by atoms with Crippen LogP contribution < -0.4 is 15.8 Å². The topological polar surface area (TPSA) is 92.7 Å². The van der Waals surface area contributed by atoms with Gasteiger partial charge in [-0.3, -0.25) is 4.90 Å². The first kappa shape index (κ1) is 14.6. The number of hydrogen-bond donors (Lipinski definition) is 2. The largest absolute Gasteiger partial charge is 0.399 e. The van der Waals surface area contributed by atoms with Crippen molar-refractivity contribution in [2.45, 2.75) is 36.7 Å². The average Bonchev–Trinajstić information content (AvgIpc) is 2.83. The van der Waals surface area contributed by atoms with E-state index in [2.05, 4.69) is 16.7 Å². The molecule has 1 aromatic carbocycles. The average molecular weight is 310 g/mol. The number of nitrogens with zero attached hydrogens (tertiary/aromatic N) is 2. The van der Waals surface area contributed by atoms with Crippen molar-refractivity contribution in [1.82, 2.24) is 4.90 Å². The van der Waals surface area contributed by atoms with E-state index >= 15 is 0 Å². The van der Waals surface area contributed by atoms with Gasteiger partial charge < -0.3 is 10.6 Å². The summed E-state index contributed by atoms with van der Waals surface area (Å²) in [5.41, 5.74) is 7.13. The Bertz CT molecular complexity index is 646. The molecule has 0 aromatic heterocycles. The number of fused-ring (bicyclic) bond motifs is 1. The zero-order valence-corrected chi connectivity index (χ0v) is 13.0. The summed E-state index contributed by atoms with van der Waals surface area (Å²) in [6.07, 6.45) is 2.44. The summed E-state index contributed by atoms with van der Waals surface area (Å²) in [6, 6.07) is 5.76. The van der Waals surface area contributed by atoms with E-state index in [9.17, 15) is 8.42 Å². The summed E-state index contributed by atoms with van der Waals surface area (Å²) in [7, 11) is -3.74. The standard InChI is InChI=1S/C14H22N4O2S/c1-10-8-17-4-2-3-12(17)9-18(10)13-5-11(15)6-14(7-13)21(16,19)20/h5-7,10,12H,2-4,8-9,15H2,1H3,(H2,16,19,20). The van der Waals surface area contributed by atoms with Crippen LogP contribution in [0.1, 0.15) is 19.8 Å². The minimum atomic E-state index is -3.74. The summed E-state index contributed by atoms with van der Waals surface area (Å²) in [5, 5.41) is 5.23. The molecule has 21 heavy (non-hydrogen) atoms. The molecule has 0 saturated carbocycles. The van der Waals surface area contributed by atoms with Crippen LogP contribution in [0.5, 0.6) is 0 Å². The number of nitrogen functional groups attached to an aromatic ring is 1. The van der Waals surface area contributed by atoms with Crippen LogP contribution in [0.2, 0.25) is 0 Å². The molecule has 2 aliphatic rings. The van der Waals surface area contributed by atoms with E-state index in [1.165, 1.54) is 25.5 Å². The third-order valence-electron chi connectivity index (χ3n) is 4.51. The molecule has 2 atom stereocenters. The number of anilines is 2. The van der Waals surface area contributed by atoms with Crippen LogP contribution >= 0.6 is 0 Å². The van der Waals surface area contributed by atoms with Gasteiger partial charge in [0, 0.05) is 36.5 Å². The van der Waals surface area contributed by atoms with E-state index in [1.807, 2.05) is 6.07 Å². The Balaban J connectivity index is 1.94. The highest BCUT2D eigenvalue weighted by Gasteiger charge is 2.34. The summed E-state index contributed by atoms with van der Waals surface area (Å²) in [5.74, 6) is 0. The van der Waals surface area contributed by atoms with Crippen LogP contribution in [0.3, 0.4) is 0 Å². The summed E-state index contributed by atoms with van der Waals surface area (Å²) >= 11 is 0. The highest BCUT2D eigenvalue weighted by atomic mass is 32.2. The number of piperazine rings is 1. The van der Waals surface area contributed by atoms with Crippen molar-refractivity contribution < 1.29 is 8.42 Å². The maximum Gasteiger partial charge on any atom is 0.238 e. The van der Waals surface area contributed by atoms with Crippen molar-refractivity contribution in [2.24, 2.45) is 5.14 Å². The molecule has 116 valence electrons. The van der Waals surface area contributed by atoms with Gasteiger partial charge in [-0.2, -0.15) is 0 Å². The smallest absolute Gasteiger partial charge is 0.238 e. The van der Waals surface area contributed by atoms with E-state index in [0.29, 0.717) is 17.8 Å². The molecule has 3 rings (SSSR count). The number of primary sulfonamides is 1. The molecule has 4 N–H and O–H groups in total. The molecular weight excluding hydrogens is 288 g/mol. The molecular formula is C14H22N4O2S. The fourth-order valence-electron chi connectivity index (χ4n) is 3.48. The molecule has 6 nitrogen and oxygen atoms in total. The molecule has 0 radical (unpaired) electrons. The van der Waals surface area contributed by atoms with Gasteiger partial charge in [0.15, 0.2) is 0 Å². The first-order valence-electron chi connectivity index (χ1n) is 7.28. The van der Waals surface area contributed by atoms with Crippen molar-refractivity contribution in [3.05, 3.63) is 18.2 Å². The maximum atomic E-state index is 11.6. The molecule has 2 aliphatic heterocycles. The van der Waals surface area contributed by atoms with Gasteiger partial charge in [0.25, 0.3) is 0 Å². The molecule has 2 fully saturated rings. The van der Waals surface area contributed by atoms with Gasteiger partial charge in [-0.1, -0.05) is 0 Å². The van der Waals surface area contributed by atoms with Gasteiger partial charge in [0.05, 0.1) is 4.90 Å². The molecule has 0 spiro atoms. The molecule has 1 aromatic rings. The van der Waals surface area contributed by atoms with E-state index in [0.717, 1.165) is 18.8 Å². The SMILES string of the molecule is CC1CN2CCCC2CN1c1cc(N)cc(S(N)(=O)=O)c1. The van der Waals surface area contributed by atoms with Crippen LogP contribution in [0.4, 0.5) is 11.4 Å². The lowest BCUT2D eigenvalue weighted by Gasteiger charge is -2.43. The Kier molecular flexibility index (Phi) is 3.59. The molecule has 0 bridgehead atoms. The molecule has 2 saturated heterocycles. The Labute approximate surface area is 125 Å². The highest BCUT2D eigenvalue weighted by Crippen LogP contribution is 2.31. The molecule has 0 aliphatic carbocycles. The van der Waals surface area contributed by atoms with Crippen molar-refractivity contribution >= 4 is 21.4 Å². The number of hydrogen-bond acceptors (Lipinski definition) is 5. The quantitative estimate of drug-likeness (QED) is 0.780. The van der Waals surface area contributed by atoms with Crippen molar-refractivity contribution in [3.63, 3.8) is 0 Å². The zero-order chi connectivity index (χ0) is 15.2. The second-order valence-corrected chi connectivity index (χ2v) is 7.66. The number of benzene rings is 1. The highest BCUT2D eigenvalue weighted by molar-refractivity contribution is 7.89. The minimum Gasteiger partial charge on any atom is -0.399 e. The zero-order valence-electron chi connectivity index (χ0n) is 12.2. The Hall–Kier alpha value is -1.31. The van der Waals surface area contributed by atoms with Crippen molar-refractivity contribution in [3.8, 4) is 0 Å². The maximum absolute atomic E-state index is 11.6. The number of sulfonamides is 1. The van der Waals surface area contributed by atoms with Crippen LogP contribution in [-0.4, -0.2) is 45.0 Å². The number of rotatable bonds is 2. The van der Waals surface area contributed by atoms with Gasteiger partial charge in [-0.25, -0.2) is 13.6 Å². The molecule has 2 unspecified atom stereocenters. The lowest BCUT2D eigenvalue weighted by atomic mass is 10.1. The molecule has 0 amide bonds. The summed E-state index contributed by atoms with van der Waals surface area (Å²) in [4.78, 5) is 4.85. The Morgan fingerprint density at radius 2 is 2.00 bits per heavy atom. The van der Waals surface area contributed by atoms with Crippen LogP contribution in [-0.2, 0) is 10.0 Å². The third-order valence-corrected chi connectivity index (χ3v) is 5.40. The fourth-order valence-corrected chi connectivity index (χ4v) is 4.07. The first-order valence-corrected chi connectivity index (χ1v) is 8.83. The van der Waals surface area contributed by atoms with Crippen LogP contribution in [0.15, 0.2) is 23.1 Å². The predicted molar refractivity (Wildman–Crippen MR) is 83.6 cm³/mol. The van der Waals surface area contributed by atoms with Gasteiger partial charge in [0.1, 0.15) is 0 Å². The van der Waals surface area contributed by atoms with Crippen molar-refractivity contribution in [1.29, 1.82) is 0 Å². The van der Waals surface area contributed by atoms with Gasteiger partial charge in [-0.05, 0) is 44.5 Å². The first-order chi connectivity index (χ1) is 9.84. The van der Waals surface area contributed by atoms with Gasteiger partial charge in [-0.15, -0.1) is 0 Å². The van der Waals surface area contributed by atoms with Gasteiger partial charge >= 0.3 is 0 Å². The monoisotopic (exact) mass is 310 g/mol. The Morgan fingerprint density at radius 1 is 1.24 bits per heavy atom.